The summed E-state index contributed by atoms with van der Waals surface area (Å²) in [6.45, 7) is 0. The molecule has 0 aliphatic rings. The van der Waals surface area contributed by atoms with Crippen LogP contribution in [-0.4, -0.2) is 26.6 Å². The van der Waals surface area contributed by atoms with Gasteiger partial charge in [-0.1, -0.05) is 0 Å². The largest absolute Gasteiger partial charge is 0.354 e. The molecule has 4 aromatic rings. The van der Waals surface area contributed by atoms with E-state index in [4.69, 9.17) is 11.6 Å². The maximum atomic E-state index is 11.4. The van der Waals surface area contributed by atoms with E-state index in [-0.39, 0.29) is 23.2 Å². The van der Waals surface area contributed by atoms with Crippen LogP contribution in [0.15, 0.2) is 60.7 Å². The van der Waals surface area contributed by atoms with Crippen LogP contribution in [0.25, 0.3) is 21.8 Å². The first-order valence-electron chi connectivity index (χ1n) is 9.25. The number of carbonyl (C=O) groups is 1. The summed E-state index contributed by atoms with van der Waals surface area (Å²) in [6.07, 6.45) is 0. The summed E-state index contributed by atoms with van der Waals surface area (Å²) in [5, 5.41) is 29.5. The minimum Gasteiger partial charge on any atom is -0.354 e. The molecular weight excluding hydrogens is 438 g/mol. The number of benzene rings is 3. The summed E-state index contributed by atoms with van der Waals surface area (Å²) in [6, 6.07) is 15.4. The monoisotopic (exact) mass is 451 g/mol. The lowest BCUT2D eigenvalue weighted by molar-refractivity contribution is -0.384. The van der Waals surface area contributed by atoms with E-state index < -0.39 is 9.85 Å². The van der Waals surface area contributed by atoms with Crippen LogP contribution in [0.2, 0.25) is 0 Å². The van der Waals surface area contributed by atoms with Crippen molar-refractivity contribution in [2.75, 3.05) is 16.5 Å². The zero-order valence-electron chi connectivity index (χ0n) is 16.2. The van der Waals surface area contributed by atoms with E-state index in [0.29, 0.717) is 38.9 Å². The van der Waals surface area contributed by atoms with E-state index in [1.54, 1.807) is 36.4 Å². The molecule has 32 heavy (non-hydrogen) atoms. The summed E-state index contributed by atoms with van der Waals surface area (Å²) < 4.78 is 0. The zero-order valence-corrected chi connectivity index (χ0v) is 17.0. The fourth-order valence-electron chi connectivity index (χ4n) is 3.26. The predicted molar refractivity (Wildman–Crippen MR) is 122 cm³/mol. The number of nitro benzene ring substituents is 2. The Labute approximate surface area is 185 Å². The molecule has 1 amide bonds. The van der Waals surface area contributed by atoms with Gasteiger partial charge >= 0.3 is 0 Å². The summed E-state index contributed by atoms with van der Waals surface area (Å²) in [4.78, 5) is 37.2. The number of hydrogen-bond donors (Lipinski definition) is 2. The van der Waals surface area contributed by atoms with Gasteiger partial charge in [-0.05, 0) is 36.4 Å². The fraction of sp³-hybridized carbons (Fsp3) is 0.0476. The van der Waals surface area contributed by atoms with Gasteiger partial charge in [0.25, 0.3) is 11.4 Å². The van der Waals surface area contributed by atoms with Crippen molar-refractivity contribution in [2.24, 2.45) is 0 Å². The zero-order chi connectivity index (χ0) is 22.8. The van der Waals surface area contributed by atoms with Gasteiger partial charge in [0.15, 0.2) is 0 Å². The second-order valence-electron chi connectivity index (χ2n) is 6.79. The van der Waals surface area contributed by atoms with Gasteiger partial charge in [-0.15, -0.1) is 11.6 Å². The molecule has 160 valence electrons. The third-order valence-corrected chi connectivity index (χ3v) is 4.97. The third kappa shape index (κ3) is 4.12. The Hall–Kier alpha value is -4.31. The number of anilines is 3. The number of aromatic nitrogens is 1. The quantitative estimate of drug-likeness (QED) is 0.179. The van der Waals surface area contributed by atoms with Crippen LogP contribution in [0.1, 0.15) is 0 Å². The van der Waals surface area contributed by atoms with E-state index in [1.807, 2.05) is 0 Å². The molecule has 0 fully saturated rings. The number of rotatable bonds is 6. The summed E-state index contributed by atoms with van der Waals surface area (Å²) in [5.41, 5.74) is 2.19. The predicted octanol–water partition coefficient (Wildman–Crippen LogP) is 5.13. The SMILES string of the molecule is O=C(CCl)Nc1ccc(Nc2c3ccc([N+](=O)[O-])cc3nc3cc([N+](=O)[O-])ccc23)cc1. The smallest absolute Gasteiger partial charge is 0.271 e. The number of nitro groups is 2. The third-order valence-electron chi connectivity index (χ3n) is 4.72. The Morgan fingerprint density at radius 1 is 0.844 bits per heavy atom. The molecule has 0 saturated carbocycles. The standard InChI is InChI=1S/C21H14ClN5O5/c22-11-20(28)23-12-1-3-13(4-2-12)24-21-16-7-5-14(26(29)30)9-18(16)25-19-10-15(27(31)32)6-8-17(19)21/h1-10H,11H2,(H,23,28)(H,24,25). The first-order chi connectivity index (χ1) is 15.4. The number of halogens is 1. The van der Waals surface area contributed by atoms with Gasteiger partial charge in [0.1, 0.15) is 5.88 Å². The van der Waals surface area contributed by atoms with Crippen molar-refractivity contribution in [2.45, 2.75) is 0 Å². The van der Waals surface area contributed by atoms with Gasteiger partial charge in [0, 0.05) is 46.4 Å². The Morgan fingerprint density at radius 2 is 1.34 bits per heavy atom. The van der Waals surface area contributed by atoms with Crippen LogP contribution in [0.4, 0.5) is 28.4 Å². The van der Waals surface area contributed by atoms with Crippen LogP contribution in [0, 0.1) is 20.2 Å². The molecule has 0 unspecified atom stereocenters. The van der Waals surface area contributed by atoms with Crippen molar-refractivity contribution < 1.29 is 14.6 Å². The number of carbonyl (C=O) groups excluding carboxylic acids is 1. The highest BCUT2D eigenvalue weighted by Gasteiger charge is 2.16. The Balaban J connectivity index is 1.84. The Kier molecular flexibility index (Phi) is 5.52. The van der Waals surface area contributed by atoms with Crippen LogP contribution in [0.5, 0.6) is 0 Å². The molecule has 2 N–H and O–H groups in total. The van der Waals surface area contributed by atoms with Gasteiger partial charge in [0.05, 0.1) is 26.6 Å². The number of nitrogens with zero attached hydrogens (tertiary/aromatic N) is 3. The first kappa shape index (κ1) is 20.9. The molecule has 3 aromatic carbocycles. The normalized spacial score (nSPS) is 10.8. The molecule has 0 radical (unpaired) electrons. The van der Waals surface area contributed by atoms with Crippen molar-refractivity contribution in [3.05, 3.63) is 80.9 Å². The summed E-state index contributed by atoms with van der Waals surface area (Å²) in [5.74, 6) is -0.491. The average Bonchev–Trinajstić information content (AvgIpc) is 2.79. The lowest BCUT2D eigenvalue weighted by atomic mass is 10.1. The molecule has 0 aliphatic carbocycles. The second kappa shape index (κ2) is 8.44. The van der Waals surface area contributed by atoms with E-state index in [2.05, 4.69) is 15.6 Å². The molecule has 11 heteroatoms. The van der Waals surface area contributed by atoms with Crippen LogP contribution in [-0.2, 0) is 4.79 Å². The van der Waals surface area contributed by atoms with Gasteiger partial charge in [0.2, 0.25) is 5.91 Å². The topological polar surface area (TPSA) is 140 Å². The first-order valence-corrected chi connectivity index (χ1v) is 9.78. The number of alkyl halides is 1. The minimum atomic E-state index is -0.528. The lowest BCUT2D eigenvalue weighted by Gasteiger charge is -2.14. The number of non-ortho nitro benzene ring substituents is 2. The van der Waals surface area contributed by atoms with Crippen molar-refractivity contribution in [3.63, 3.8) is 0 Å². The number of fused-ring (bicyclic) bond motifs is 2. The average molecular weight is 452 g/mol. The summed E-state index contributed by atoms with van der Waals surface area (Å²) >= 11 is 5.50. The summed E-state index contributed by atoms with van der Waals surface area (Å²) in [7, 11) is 0. The molecule has 0 bridgehead atoms. The Bertz CT molecular complexity index is 1320. The van der Waals surface area contributed by atoms with Crippen molar-refractivity contribution in [1.29, 1.82) is 0 Å². The van der Waals surface area contributed by atoms with Crippen LogP contribution < -0.4 is 10.6 Å². The van der Waals surface area contributed by atoms with Crippen molar-refractivity contribution >= 4 is 67.8 Å². The Morgan fingerprint density at radius 3 is 1.81 bits per heavy atom. The van der Waals surface area contributed by atoms with Crippen molar-refractivity contribution in [3.8, 4) is 0 Å². The van der Waals surface area contributed by atoms with Crippen LogP contribution >= 0.6 is 11.6 Å². The van der Waals surface area contributed by atoms with Gasteiger partial charge < -0.3 is 10.6 Å². The minimum absolute atomic E-state index is 0.139. The molecule has 10 nitrogen and oxygen atoms in total. The number of nitrogens with one attached hydrogen (secondary N) is 2. The molecule has 0 atom stereocenters. The molecule has 0 spiro atoms. The maximum absolute atomic E-state index is 11.4. The number of amides is 1. The maximum Gasteiger partial charge on any atom is 0.271 e. The highest BCUT2D eigenvalue weighted by atomic mass is 35.5. The number of pyridine rings is 1. The highest BCUT2D eigenvalue weighted by Crippen LogP contribution is 2.36. The van der Waals surface area contributed by atoms with Crippen molar-refractivity contribution in [1.82, 2.24) is 4.98 Å². The molecular formula is C21H14ClN5O5. The number of hydrogen-bond acceptors (Lipinski definition) is 7. The molecule has 0 aliphatic heterocycles. The molecule has 0 saturated heterocycles. The van der Waals surface area contributed by atoms with E-state index in [1.165, 1.54) is 24.3 Å². The van der Waals surface area contributed by atoms with Gasteiger partial charge in [-0.2, -0.15) is 0 Å². The van der Waals surface area contributed by atoms with Crippen LogP contribution in [0.3, 0.4) is 0 Å². The van der Waals surface area contributed by atoms with E-state index >= 15 is 0 Å². The molecule has 1 aromatic heterocycles. The lowest BCUT2D eigenvalue weighted by Crippen LogP contribution is -2.12. The fourth-order valence-corrected chi connectivity index (χ4v) is 3.33. The van der Waals surface area contributed by atoms with E-state index in [0.717, 1.165) is 0 Å². The second-order valence-corrected chi connectivity index (χ2v) is 7.06. The molecule has 1 heterocycles. The van der Waals surface area contributed by atoms with Gasteiger partial charge in [-0.25, -0.2) is 4.98 Å². The highest BCUT2D eigenvalue weighted by molar-refractivity contribution is 6.29. The molecule has 4 rings (SSSR count). The van der Waals surface area contributed by atoms with E-state index in [9.17, 15) is 25.0 Å². The van der Waals surface area contributed by atoms with Gasteiger partial charge in [-0.3, -0.25) is 25.0 Å².